The van der Waals surface area contributed by atoms with Crippen molar-refractivity contribution in [1.82, 2.24) is 5.32 Å². The van der Waals surface area contributed by atoms with Gasteiger partial charge in [0.1, 0.15) is 18.4 Å². The van der Waals surface area contributed by atoms with Crippen molar-refractivity contribution in [2.75, 3.05) is 13.7 Å². The normalized spacial score (nSPS) is 23.1. The van der Waals surface area contributed by atoms with Crippen LogP contribution >= 0.6 is 0 Å². The number of nitrogens with zero attached hydrogens (tertiary/aromatic N) is 1. The summed E-state index contributed by atoms with van der Waals surface area (Å²) in [5.74, 6) is 1.54. The van der Waals surface area contributed by atoms with Crippen LogP contribution in [0.3, 0.4) is 0 Å². The van der Waals surface area contributed by atoms with E-state index in [1.165, 1.54) is 0 Å². The second kappa shape index (κ2) is 6.37. The number of methoxy groups -OCH3 is 1. The standard InChI is InChI=1S/C16H20N2O4/c1-21-11-7-5-10(6-8-11)17-12-3-2-4-13-15(12)22-9-14(18-13)16(19)20/h5-8,14,16,18-20H,2-4,9H2,1H3/b17-12+. The van der Waals surface area contributed by atoms with E-state index in [2.05, 4.69) is 10.3 Å². The maximum atomic E-state index is 9.27. The number of hydrogen-bond donors (Lipinski definition) is 3. The summed E-state index contributed by atoms with van der Waals surface area (Å²) in [5.41, 5.74) is 2.64. The maximum Gasteiger partial charge on any atom is 0.175 e. The van der Waals surface area contributed by atoms with Crippen LogP contribution in [0.4, 0.5) is 5.69 Å². The second-order valence-electron chi connectivity index (χ2n) is 5.39. The highest BCUT2D eigenvalue weighted by Crippen LogP contribution is 2.28. The Labute approximate surface area is 129 Å². The number of ether oxygens (including phenoxy) is 2. The first-order chi connectivity index (χ1) is 10.7. The van der Waals surface area contributed by atoms with E-state index < -0.39 is 12.3 Å². The van der Waals surface area contributed by atoms with Crippen molar-refractivity contribution in [3.05, 3.63) is 35.7 Å². The lowest BCUT2D eigenvalue weighted by atomic mass is 9.98. The van der Waals surface area contributed by atoms with Crippen LogP contribution in [-0.2, 0) is 4.74 Å². The largest absolute Gasteiger partial charge is 0.497 e. The number of hydrogen-bond acceptors (Lipinski definition) is 6. The minimum Gasteiger partial charge on any atom is -0.497 e. The van der Waals surface area contributed by atoms with Gasteiger partial charge >= 0.3 is 0 Å². The number of aliphatic hydroxyl groups is 2. The third-order valence-corrected chi connectivity index (χ3v) is 3.84. The minimum absolute atomic E-state index is 0.220. The van der Waals surface area contributed by atoms with Crippen LogP contribution in [0.1, 0.15) is 19.3 Å². The molecule has 6 nitrogen and oxygen atoms in total. The molecule has 6 heteroatoms. The van der Waals surface area contributed by atoms with Crippen LogP contribution in [0.2, 0.25) is 0 Å². The van der Waals surface area contributed by atoms with E-state index >= 15 is 0 Å². The third-order valence-electron chi connectivity index (χ3n) is 3.84. The van der Waals surface area contributed by atoms with Gasteiger partial charge in [-0.15, -0.1) is 0 Å². The smallest absolute Gasteiger partial charge is 0.175 e. The Morgan fingerprint density at radius 2 is 2.05 bits per heavy atom. The molecule has 1 aliphatic carbocycles. The van der Waals surface area contributed by atoms with Crippen molar-refractivity contribution < 1.29 is 19.7 Å². The van der Waals surface area contributed by atoms with Crippen LogP contribution in [0.15, 0.2) is 40.7 Å². The first-order valence-electron chi connectivity index (χ1n) is 7.38. The molecule has 0 amide bonds. The highest BCUT2D eigenvalue weighted by molar-refractivity contribution is 6.01. The molecule has 0 saturated carbocycles. The molecule has 0 radical (unpaired) electrons. The number of rotatable bonds is 3. The first-order valence-corrected chi connectivity index (χ1v) is 7.38. The van der Waals surface area contributed by atoms with E-state index in [4.69, 9.17) is 9.47 Å². The molecule has 22 heavy (non-hydrogen) atoms. The molecule has 1 aromatic rings. The summed E-state index contributed by atoms with van der Waals surface area (Å²) >= 11 is 0. The molecule has 0 fully saturated rings. The third kappa shape index (κ3) is 3.08. The summed E-state index contributed by atoms with van der Waals surface area (Å²) < 4.78 is 10.9. The van der Waals surface area contributed by atoms with Crippen LogP contribution in [0.5, 0.6) is 5.75 Å². The van der Waals surface area contributed by atoms with E-state index in [9.17, 15) is 10.2 Å². The zero-order valence-corrected chi connectivity index (χ0v) is 12.5. The van der Waals surface area contributed by atoms with Crippen molar-refractivity contribution in [1.29, 1.82) is 0 Å². The molecule has 1 atom stereocenters. The van der Waals surface area contributed by atoms with E-state index in [1.807, 2.05) is 24.3 Å². The van der Waals surface area contributed by atoms with Gasteiger partial charge < -0.3 is 25.0 Å². The molecular formula is C16H20N2O4. The summed E-state index contributed by atoms with van der Waals surface area (Å²) in [6.45, 7) is 0.220. The fraction of sp³-hybridized carbons (Fsp3) is 0.438. The Hall–Kier alpha value is -2.05. The Kier molecular flexibility index (Phi) is 4.31. The summed E-state index contributed by atoms with van der Waals surface area (Å²) in [7, 11) is 1.63. The molecule has 0 saturated heterocycles. The van der Waals surface area contributed by atoms with Gasteiger partial charge in [-0.25, -0.2) is 4.99 Å². The molecule has 118 valence electrons. The second-order valence-corrected chi connectivity index (χ2v) is 5.39. The predicted octanol–water partition coefficient (Wildman–Crippen LogP) is 1.46. The Morgan fingerprint density at radius 3 is 2.73 bits per heavy atom. The van der Waals surface area contributed by atoms with Gasteiger partial charge in [-0.1, -0.05) is 0 Å². The Morgan fingerprint density at radius 1 is 1.27 bits per heavy atom. The molecule has 1 aromatic carbocycles. The molecule has 0 spiro atoms. The minimum atomic E-state index is -1.43. The van der Waals surface area contributed by atoms with Crippen molar-refractivity contribution >= 4 is 11.4 Å². The lowest BCUT2D eigenvalue weighted by molar-refractivity contribution is -0.0825. The molecular weight excluding hydrogens is 284 g/mol. The van der Waals surface area contributed by atoms with Gasteiger partial charge in [-0.2, -0.15) is 0 Å². The maximum absolute atomic E-state index is 9.27. The van der Waals surface area contributed by atoms with Crippen molar-refractivity contribution in [3.8, 4) is 5.75 Å². The molecule has 3 N–H and O–H groups in total. The highest BCUT2D eigenvalue weighted by Gasteiger charge is 2.30. The van der Waals surface area contributed by atoms with Crippen LogP contribution in [0, 0.1) is 0 Å². The summed E-state index contributed by atoms with van der Waals surface area (Å²) in [4.78, 5) is 4.66. The highest BCUT2D eigenvalue weighted by atomic mass is 16.5. The molecule has 3 rings (SSSR count). The molecule has 2 aliphatic rings. The lowest BCUT2D eigenvalue weighted by Gasteiger charge is -2.33. The van der Waals surface area contributed by atoms with E-state index in [0.29, 0.717) is 0 Å². The van der Waals surface area contributed by atoms with E-state index in [0.717, 1.165) is 47.9 Å². The fourth-order valence-electron chi connectivity index (χ4n) is 2.66. The monoisotopic (exact) mass is 304 g/mol. The van der Waals surface area contributed by atoms with Gasteiger partial charge in [0.15, 0.2) is 12.0 Å². The molecule has 0 aromatic heterocycles. The average Bonchev–Trinajstić information content (AvgIpc) is 2.55. The van der Waals surface area contributed by atoms with Crippen LogP contribution < -0.4 is 10.1 Å². The van der Waals surface area contributed by atoms with Crippen LogP contribution in [0.25, 0.3) is 0 Å². The van der Waals surface area contributed by atoms with Gasteiger partial charge in [-0.3, -0.25) is 0 Å². The Bertz CT molecular complexity index is 593. The van der Waals surface area contributed by atoms with Gasteiger partial charge in [0.05, 0.1) is 24.2 Å². The molecule has 0 bridgehead atoms. The average molecular weight is 304 g/mol. The number of aliphatic imine (C=N–C) groups is 1. The topological polar surface area (TPSA) is 83.3 Å². The van der Waals surface area contributed by atoms with Gasteiger partial charge in [0.2, 0.25) is 0 Å². The number of allylic oxidation sites excluding steroid dienone is 2. The summed E-state index contributed by atoms with van der Waals surface area (Å²) in [6.07, 6.45) is 1.20. The molecule has 1 unspecified atom stereocenters. The predicted molar refractivity (Wildman–Crippen MR) is 82.1 cm³/mol. The summed E-state index contributed by atoms with van der Waals surface area (Å²) in [6, 6.07) is 7.05. The Balaban J connectivity index is 1.84. The molecule has 1 aliphatic heterocycles. The zero-order valence-electron chi connectivity index (χ0n) is 12.5. The van der Waals surface area contributed by atoms with Crippen molar-refractivity contribution in [3.63, 3.8) is 0 Å². The van der Waals surface area contributed by atoms with Gasteiger partial charge in [0, 0.05) is 0 Å². The number of benzene rings is 1. The van der Waals surface area contributed by atoms with E-state index in [1.54, 1.807) is 7.11 Å². The van der Waals surface area contributed by atoms with Gasteiger partial charge in [-0.05, 0) is 43.5 Å². The number of aliphatic hydroxyl groups excluding tert-OH is 1. The fourth-order valence-corrected chi connectivity index (χ4v) is 2.66. The van der Waals surface area contributed by atoms with Gasteiger partial charge in [0.25, 0.3) is 0 Å². The first kappa shape index (κ1) is 14.9. The van der Waals surface area contributed by atoms with Crippen molar-refractivity contribution in [2.24, 2.45) is 4.99 Å². The van der Waals surface area contributed by atoms with Crippen molar-refractivity contribution in [2.45, 2.75) is 31.6 Å². The SMILES string of the molecule is COc1ccc(/N=C2\CCCC3=C2OCC(C(O)O)N3)cc1. The summed E-state index contributed by atoms with van der Waals surface area (Å²) in [5, 5.41) is 21.7. The zero-order chi connectivity index (χ0) is 15.5. The van der Waals surface area contributed by atoms with Crippen LogP contribution in [-0.4, -0.2) is 42.0 Å². The molecule has 1 heterocycles. The quantitative estimate of drug-likeness (QED) is 0.736. The lowest BCUT2D eigenvalue weighted by Crippen LogP contribution is -2.47. The van der Waals surface area contributed by atoms with E-state index in [-0.39, 0.29) is 6.61 Å². The number of nitrogens with one attached hydrogen (secondary N) is 1.